The molecule has 0 saturated carbocycles. The van der Waals surface area contributed by atoms with Crippen molar-refractivity contribution < 1.29 is 17.9 Å². The highest BCUT2D eigenvalue weighted by Crippen LogP contribution is 1.93. The van der Waals surface area contributed by atoms with E-state index in [1.807, 2.05) is 13.8 Å². The molecule has 0 aliphatic heterocycles. The molecule has 0 bridgehead atoms. The fourth-order valence-electron chi connectivity index (χ4n) is 1.01. The highest BCUT2D eigenvalue weighted by molar-refractivity contribution is 7.92. The van der Waals surface area contributed by atoms with Gasteiger partial charge < -0.3 is 15.8 Å². The van der Waals surface area contributed by atoms with Gasteiger partial charge >= 0.3 is 0 Å². The Balaban J connectivity index is 3.87. The number of hydrogen-bond acceptors (Lipinski definition) is 5. The molecule has 0 aliphatic rings. The smallest absolute Gasteiger partial charge is 0.235 e. The number of carbonyl (C=O) groups is 1. The minimum atomic E-state index is -3.39. The molecular formula is C10H22N2O4S. The Morgan fingerprint density at radius 3 is 2.53 bits per heavy atom. The molecule has 6 nitrogen and oxygen atoms in total. The van der Waals surface area contributed by atoms with Crippen LogP contribution < -0.4 is 11.1 Å². The first-order valence-electron chi connectivity index (χ1n) is 5.62. The van der Waals surface area contributed by atoms with Gasteiger partial charge in [-0.05, 0) is 5.92 Å². The highest BCUT2D eigenvalue weighted by Gasteiger charge is 2.16. The average molecular weight is 266 g/mol. The summed E-state index contributed by atoms with van der Waals surface area (Å²) in [7, 11) is -3.39. The minimum Gasteiger partial charge on any atom is -0.379 e. The number of rotatable bonds is 9. The predicted octanol–water partition coefficient (Wildman–Crippen LogP) is -0.851. The van der Waals surface area contributed by atoms with Crippen molar-refractivity contribution in [1.29, 1.82) is 0 Å². The monoisotopic (exact) mass is 266 g/mol. The van der Waals surface area contributed by atoms with Crippen LogP contribution in [0.1, 0.15) is 13.8 Å². The maximum absolute atomic E-state index is 11.5. The van der Waals surface area contributed by atoms with E-state index in [2.05, 4.69) is 5.32 Å². The molecule has 1 amide bonds. The van der Waals surface area contributed by atoms with Gasteiger partial charge in [0, 0.05) is 13.1 Å². The molecule has 102 valence electrons. The van der Waals surface area contributed by atoms with Gasteiger partial charge in [-0.1, -0.05) is 13.8 Å². The Kier molecular flexibility index (Phi) is 8.11. The molecule has 0 aliphatic carbocycles. The molecule has 0 rings (SSSR count). The molecule has 17 heavy (non-hydrogen) atoms. The molecule has 7 heteroatoms. The van der Waals surface area contributed by atoms with Gasteiger partial charge in [0.2, 0.25) is 5.91 Å². The lowest BCUT2D eigenvalue weighted by atomic mass is 10.2. The molecule has 0 radical (unpaired) electrons. The Morgan fingerprint density at radius 1 is 1.35 bits per heavy atom. The van der Waals surface area contributed by atoms with E-state index in [1.54, 1.807) is 0 Å². The van der Waals surface area contributed by atoms with Gasteiger partial charge in [0.1, 0.15) is 5.75 Å². The van der Waals surface area contributed by atoms with Crippen LogP contribution >= 0.6 is 0 Å². The normalized spacial score (nSPS) is 11.8. The number of nitrogens with two attached hydrogens (primary N) is 1. The van der Waals surface area contributed by atoms with Gasteiger partial charge in [-0.3, -0.25) is 4.79 Å². The average Bonchev–Trinajstić information content (AvgIpc) is 2.21. The van der Waals surface area contributed by atoms with Crippen LogP contribution in [0, 0.1) is 5.92 Å². The standard InChI is InChI=1S/C10H22N2O4S/c1-9(2)7-12-10(13)8-17(14,15)6-5-16-4-3-11/h9H,3-8,11H2,1-2H3,(H,12,13). The molecule has 0 aromatic carbocycles. The quantitative estimate of drug-likeness (QED) is 0.530. The van der Waals surface area contributed by atoms with Gasteiger partial charge in [0.05, 0.1) is 19.0 Å². The molecule has 0 aromatic heterocycles. The Hall–Kier alpha value is -0.660. The molecular weight excluding hydrogens is 244 g/mol. The van der Waals surface area contributed by atoms with Crippen LogP contribution in [0.5, 0.6) is 0 Å². The largest absolute Gasteiger partial charge is 0.379 e. The zero-order valence-corrected chi connectivity index (χ0v) is 11.3. The Morgan fingerprint density at radius 2 is 2.00 bits per heavy atom. The Labute approximate surface area is 103 Å². The third-order valence-corrected chi connectivity index (χ3v) is 3.35. The lowest BCUT2D eigenvalue weighted by Crippen LogP contribution is -2.34. The van der Waals surface area contributed by atoms with Crippen LogP contribution in [0.3, 0.4) is 0 Å². The summed E-state index contributed by atoms with van der Waals surface area (Å²) in [5.74, 6) is -0.791. The maximum Gasteiger partial charge on any atom is 0.235 e. The number of hydrogen-bond donors (Lipinski definition) is 2. The third-order valence-electron chi connectivity index (χ3n) is 1.86. The SMILES string of the molecule is CC(C)CNC(=O)CS(=O)(=O)CCOCCN. The lowest BCUT2D eigenvalue weighted by molar-refractivity contribution is -0.118. The van der Waals surface area contributed by atoms with Crippen LogP contribution in [0.15, 0.2) is 0 Å². The van der Waals surface area contributed by atoms with E-state index in [4.69, 9.17) is 10.5 Å². The molecule has 0 atom stereocenters. The van der Waals surface area contributed by atoms with Crippen molar-refractivity contribution in [3.63, 3.8) is 0 Å². The van der Waals surface area contributed by atoms with Crippen LogP contribution in [0.25, 0.3) is 0 Å². The Bertz CT molecular complexity index is 314. The fourth-order valence-corrected chi connectivity index (χ4v) is 2.03. The summed E-state index contributed by atoms with van der Waals surface area (Å²) in [5, 5.41) is 2.56. The lowest BCUT2D eigenvalue weighted by Gasteiger charge is -2.08. The predicted molar refractivity (Wildman–Crippen MR) is 66.4 cm³/mol. The third kappa shape index (κ3) is 10.2. The molecule has 0 spiro atoms. The van der Waals surface area contributed by atoms with E-state index < -0.39 is 21.5 Å². The van der Waals surface area contributed by atoms with Crippen molar-refractivity contribution in [2.24, 2.45) is 11.7 Å². The van der Waals surface area contributed by atoms with E-state index in [0.29, 0.717) is 25.6 Å². The molecule has 0 unspecified atom stereocenters. The van der Waals surface area contributed by atoms with Crippen LogP contribution in [0.2, 0.25) is 0 Å². The minimum absolute atomic E-state index is 0.0804. The van der Waals surface area contributed by atoms with Crippen molar-refractivity contribution in [1.82, 2.24) is 5.32 Å². The molecule has 0 fully saturated rings. The van der Waals surface area contributed by atoms with Crippen molar-refractivity contribution in [3.05, 3.63) is 0 Å². The van der Waals surface area contributed by atoms with Crippen LogP contribution in [0.4, 0.5) is 0 Å². The van der Waals surface area contributed by atoms with Gasteiger partial charge in [0.25, 0.3) is 0 Å². The van der Waals surface area contributed by atoms with Crippen LogP contribution in [-0.2, 0) is 19.4 Å². The highest BCUT2D eigenvalue weighted by atomic mass is 32.2. The van der Waals surface area contributed by atoms with Gasteiger partial charge in [-0.2, -0.15) is 0 Å². The second-order valence-corrected chi connectivity index (χ2v) is 6.38. The second-order valence-electron chi connectivity index (χ2n) is 4.19. The summed E-state index contributed by atoms with van der Waals surface area (Å²) in [6.45, 7) is 5.13. The summed E-state index contributed by atoms with van der Waals surface area (Å²) in [5.41, 5.74) is 5.19. The first-order chi connectivity index (χ1) is 7.87. The summed E-state index contributed by atoms with van der Waals surface area (Å²) in [6, 6.07) is 0. The summed E-state index contributed by atoms with van der Waals surface area (Å²) in [6.07, 6.45) is 0. The number of carbonyl (C=O) groups excluding carboxylic acids is 1. The second kappa shape index (κ2) is 8.43. The number of ether oxygens (including phenoxy) is 1. The number of amides is 1. The topological polar surface area (TPSA) is 98.5 Å². The van der Waals surface area contributed by atoms with Crippen molar-refractivity contribution >= 4 is 15.7 Å². The van der Waals surface area contributed by atoms with Crippen molar-refractivity contribution in [2.75, 3.05) is 37.8 Å². The van der Waals surface area contributed by atoms with E-state index in [1.165, 1.54) is 0 Å². The molecule has 0 saturated heterocycles. The van der Waals surface area contributed by atoms with Gasteiger partial charge in [0.15, 0.2) is 9.84 Å². The zero-order chi connectivity index (χ0) is 13.3. The molecule has 0 heterocycles. The van der Waals surface area contributed by atoms with E-state index >= 15 is 0 Å². The van der Waals surface area contributed by atoms with E-state index in [-0.39, 0.29) is 12.4 Å². The summed E-state index contributed by atoms with van der Waals surface area (Å²) in [4.78, 5) is 11.3. The molecule has 3 N–H and O–H groups in total. The van der Waals surface area contributed by atoms with Crippen molar-refractivity contribution in [2.45, 2.75) is 13.8 Å². The first-order valence-corrected chi connectivity index (χ1v) is 7.44. The fraction of sp³-hybridized carbons (Fsp3) is 0.900. The maximum atomic E-state index is 11.5. The number of sulfone groups is 1. The van der Waals surface area contributed by atoms with E-state index in [9.17, 15) is 13.2 Å². The zero-order valence-electron chi connectivity index (χ0n) is 10.4. The number of nitrogens with one attached hydrogen (secondary N) is 1. The van der Waals surface area contributed by atoms with Gasteiger partial charge in [-0.15, -0.1) is 0 Å². The van der Waals surface area contributed by atoms with Crippen LogP contribution in [-0.4, -0.2) is 52.1 Å². The summed E-state index contributed by atoms with van der Waals surface area (Å²) < 4.78 is 27.9. The van der Waals surface area contributed by atoms with Gasteiger partial charge in [-0.25, -0.2) is 8.42 Å². The molecule has 0 aromatic rings. The van der Waals surface area contributed by atoms with Crippen molar-refractivity contribution in [3.8, 4) is 0 Å². The van der Waals surface area contributed by atoms with E-state index in [0.717, 1.165) is 0 Å². The summed E-state index contributed by atoms with van der Waals surface area (Å²) >= 11 is 0. The first kappa shape index (κ1) is 16.3.